The lowest BCUT2D eigenvalue weighted by atomic mass is 9.97. The highest BCUT2D eigenvalue weighted by Crippen LogP contribution is 2.36. The van der Waals surface area contributed by atoms with Crippen molar-refractivity contribution in [3.63, 3.8) is 0 Å². The summed E-state index contributed by atoms with van der Waals surface area (Å²) in [5, 5.41) is 0.609. The Balaban J connectivity index is 1.86. The summed E-state index contributed by atoms with van der Waals surface area (Å²) < 4.78 is 0. The van der Waals surface area contributed by atoms with Crippen molar-refractivity contribution in [2.24, 2.45) is 0 Å². The molecular formula is C21H14ClNO2. The molecule has 0 saturated carbocycles. The molecule has 1 aliphatic rings. The molecule has 3 aromatic carbocycles. The molecule has 2 amide bonds. The zero-order chi connectivity index (χ0) is 17.4. The number of imide groups is 1. The summed E-state index contributed by atoms with van der Waals surface area (Å²) in [5.74, 6) is -0.547. The van der Waals surface area contributed by atoms with Crippen LogP contribution in [0, 0.1) is 0 Å². The van der Waals surface area contributed by atoms with Crippen LogP contribution in [-0.4, -0.2) is 16.7 Å². The van der Waals surface area contributed by atoms with Crippen LogP contribution in [0.15, 0.2) is 78.9 Å². The van der Waals surface area contributed by atoms with Crippen LogP contribution in [-0.2, 0) is 0 Å². The standard InChI is InChI=1S/C21H14ClNO2/c22-16-12-10-15(11-13-16)19(14-6-2-1-3-7-14)23-20(24)17-8-4-5-9-18(17)21(23)25/h1-13,19H. The number of benzene rings is 3. The van der Waals surface area contributed by atoms with Crippen LogP contribution in [0.3, 0.4) is 0 Å². The minimum absolute atomic E-state index is 0.274. The highest BCUT2D eigenvalue weighted by Gasteiger charge is 2.40. The van der Waals surface area contributed by atoms with Crippen LogP contribution in [0.4, 0.5) is 0 Å². The largest absolute Gasteiger partial charge is 0.269 e. The van der Waals surface area contributed by atoms with Gasteiger partial charge in [-0.2, -0.15) is 0 Å². The average molecular weight is 348 g/mol. The molecule has 0 N–H and O–H groups in total. The van der Waals surface area contributed by atoms with E-state index in [0.717, 1.165) is 11.1 Å². The van der Waals surface area contributed by atoms with E-state index in [-0.39, 0.29) is 11.8 Å². The van der Waals surface area contributed by atoms with Gasteiger partial charge in [-0.15, -0.1) is 0 Å². The fourth-order valence-corrected chi connectivity index (χ4v) is 3.34. The molecule has 4 rings (SSSR count). The third-order valence-electron chi connectivity index (χ3n) is 4.38. The maximum atomic E-state index is 12.9. The number of amides is 2. The summed E-state index contributed by atoms with van der Waals surface area (Å²) in [6.45, 7) is 0. The van der Waals surface area contributed by atoms with Gasteiger partial charge in [0.25, 0.3) is 11.8 Å². The van der Waals surface area contributed by atoms with Gasteiger partial charge >= 0.3 is 0 Å². The summed E-state index contributed by atoms with van der Waals surface area (Å²) >= 11 is 6.00. The monoisotopic (exact) mass is 347 g/mol. The van der Waals surface area contributed by atoms with Crippen LogP contribution in [0.2, 0.25) is 5.02 Å². The molecule has 0 aromatic heterocycles. The van der Waals surface area contributed by atoms with Gasteiger partial charge in [-0.3, -0.25) is 14.5 Å². The number of halogens is 1. The van der Waals surface area contributed by atoms with E-state index in [1.807, 2.05) is 42.5 Å². The predicted molar refractivity (Wildman–Crippen MR) is 96.7 cm³/mol. The number of rotatable bonds is 3. The molecule has 25 heavy (non-hydrogen) atoms. The fourth-order valence-electron chi connectivity index (χ4n) is 3.21. The molecule has 122 valence electrons. The van der Waals surface area contributed by atoms with E-state index in [9.17, 15) is 9.59 Å². The number of carbonyl (C=O) groups is 2. The highest BCUT2D eigenvalue weighted by molar-refractivity contribution is 6.30. The number of carbonyl (C=O) groups excluding carboxylic acids is 2. The molecule has 1 unspecified atom stereocenters. The normalized spacial score (nSPS) is 14.5. The molecule has 1 atom stereocenters. The Kier molecular flexibility index (Phi) is 3.86. The Morgan fingerprint density at radius 2 is 1.12 bits per heavy atom. The van der Waals surface area contributed by atoms with Gasteiger partial charge in [-0.1, -0.05) is 66.2 Å². The Hall–Kier alpha value is -2.91. The van der Waals surface area contributed by atoms with E-state index in [2.05, 4.69) is 0 Å². The summed E-state index contributed by atoms with van der Waals surface area (Å²) in [4.78, 5) is 27.2. The Bertz CT molecular complexity index is 916. The van der Waals surface area contributed by atoms with E-state index < -0.39 is 6.04 Å². The third-order valence-corrected chi connectivity index (χ3v) is 4.64. The summed E-state index contributed by atoms with van der Waals surface area (Å²) in [7, 11) is 0. The molecule has 3 aromatic rings. The Morgan fingerprint density at radius 1 is 0.640 bits per heavy atom. The molecule has 0 spiro atoms. The second kappa shape index (κ2) is 6.19. The second-order valence-corrected chi connectivity index (χ2v) is 6.33. The van der Waals surface area contributed by atoms with Gasteiger partial charge in [0.15, 0.2) is 0 Å². The van der Waals surface area contributed by atoms with Crippen LogP contribution in [0.1, 0.15) is 37.9 Å². The summed E-state index contributed by atoms with van der Waals surface area (Å²) in [6.07, 6.45) is 0. The van der Waals surface area contributed by atoms with Crippen LogP contribution in [0.5, 0.6) is 0 Å². The van der Waals surface area contributed by atoms with Gasteiger partial charge in [0.05, 0.1) is 17.2 Å². The van der Waals surface area contributed by atoms with Crippen LogP contribution in [0.25, 0.3) is 0 Å². The quantitative estimate of drug-likeness (QED) is 0.642. The van der Waals surface area contributed by atoms with Crippen LogP contribution < -0.4 is 0 Å². The van der Waals surface area contributed by atoms with Gasteiger partial charge in [-0.25, -0.2) is 0 Å². The van der Waals surface area contributed by atoms with Gasteiger partial charge in [-0.05, 0) is 35.4 Å². The first kappa shape index (κ1) is 15.6. The molecule has 3 nitrogen and oxygen atoms in total. The number of nitrogens with zero attached hydrogens (tertiary/aromatic N) is 1. The summed E-state index contributed by atoms with van der Waals surface area (Å²) in [5.41, 5.74) is 2.61. The molecular weight excluding hydrogens is 334 g/mol. The lowest BCUT2D eigenvalue weighted by molar-refractivity contribution is 0.0608. The molecule has 0 bridgehead atoms. The minimum Gasteiger partial charge on any atom is -0.269 e. The van der Waals surface area contributed by atoms with Crippen molar-refractivity contribution in [3.05, 3.63) is 106 Å². The van der Waals surface area contributed by atoms with Crippen molar-refractivity contribution >= 4 is 23.4 Å². The van der Waals surface area contributed by atoms with Gasteiger partial charge in [0.2, 0.25) is 0 Å². The zero-order valence-corrected chi connectivity index (χ0v) is 14.0. The Labute approximate surface area is 150 Å². The first-order chi connectivity index (χ1) is 12.2. The third kappa shape index (κ3) is 2.63. The number of fused-ring (bicyclic) bond motifs is 1. The zero-order valence-electron chi connectivity index (χ0n) is 13.2. The van der Waals surface area contributed by atoms with E-state index >= 15 is 0 Å². The molecule has 1 aliphatic heterocycles. The SMILES string of the molecule is O=C1c2ccccc2C(=O)N1C(c1ccccc1)c1ccc(Cl)cc1. The molecule has 0 aliphatic carbocycles. The smallest absolute Gasteiger partial charge is 0.262 e. The van der Waals surface area contributed by atoms with E-state index in [1.54, 1.807) is 36.4 Å². The number of hydrogen-bond acceptors (Lipinski definition) is 2. The lowest BCUT2D eigenvalue weighted by Gasteiger charge is -2.27. The fraction of sp³-hybridized carbons (Fsp3) is 0.0476. The van der Waals surface area contributed by atoms with Crippen molar-refractivity contribution in [3.8, 4) is 0 Å². The van der Waals surface area contributed by atoms with E-state index in [0.29, 0.717) is 16.1 Å². The molecule has 0 fully saturated rings. The molecule has 0 radical (unpaired) electrons. The van der Waals surface area contributed by atoms with Crippen molar-refractivity contribution in [1.82, 2.24) is 4.90 Å². The van der Waals surface area contributed by atoms with Gasteiger partial charge in [0.1, 0.15) is 0 Å². The van der Waals surface area contributed by atoms with Crippen LogP contribution >= 0.6 is 11.6 Å². The average Bonchev–Trinajstić information content (AvgIpc) is 2.90. The van der Waals surface area contributed by atoms with Gasteiger partial charge < -0.3 is 0 Å². The van der Waals surface area contributed by atoms with E-state index in [4.69, 9.17) is 11.6 Å². The number of hydrogen-bond donors (Lipinski definition) is 0. The molecule has 0 saturated heterocycles. The Morgan fingerprint density at radius 3 is 1.68 bits per heavy atom. The van der Waals surface area contributed by atoms with Crippen molar-refractivity contribution < 1.29 is 9.59 Å². The lowest BCUT2D eigenvalue weighted by Crippen LogP contribution is -2.34. The topological polar surface area (TPSA) is 37.4 Å². The minimum atomic E-state index is -0.495. The van der Waals surface area contributed by atoms with E-state index in [1.165, 1.54) is 4.90 Å². The maximum Gasteiger partial charge on any atom is 0.262 e. The second-order valence-electron chi connectivity index (χ2n) is 5.89. The van der Waals surface area contributed by atoms with Crippen molar-refractivity contribution in [2.45, 2.75) is 6.04 Å². The van der Waals surface area contributed by atoms with Gasteiger partial charge in [0, 0.05) is 5.02 Å². The maximum absolute atomic E-state index is 12.9. The molecule has 4 heteroatoms. The first-order valence-corrected chi connectivity index (χ1v) is 8.32. The van der Waals surface area contributed by atoms with Crippen molar-refractivity contribution in [1.29, 1.82) is 0 Å². The van der Waals surface area contributed by atoms with Crippen molar-refractivity contribution in [2.75, 3.05) is 0 Å². The highest BCUT2D eigenvalue weighted by atomic mass is 35.5. The predicted octanol–water partition coefficient (Wildman–Crippen LogP) is 4.73. The first-order valence-electron chi connectivity index (χ1n) is 7.94. The molecule has 1 heterocycles. The summed E-state index contributed by atoms with van der Waals surface area (Å²) in [6, 6.07) is 23.2.